The summed E-state index contributed by atoms with van der Waals surface area (Å²) in [7, 11) is 1.62. The number of carbonyl (C=O) groups is 1. The lowest BCUT2D eigenvalue weighted by atomic mass is 10.1. The quantitative estimate of drug-likeness (QED) is 0.409. The van der Waals surface area contributed by atoms with Crippen molar-refractivity contribution in [1.29, 1.82) is 0 Å². The molecule has 1 amide bonds. The summed E-state index contributed by atoms with van der Waals surface area (Å²) in [5.74, 6) is 1.75. The Kier molecular flexibility index (Phi) is 7.94. The molecule has 0 N–H and O–H groups in total. The second-order valence-corrected chi connectivity index (χ2v) is 7.64. The Hall–Kier alpha value is -3.26. The standard InChI is InChI=1S/C24H28N2O5S/c1-6-12-26-18-11-10-17(28-5)15-21(18)32-24(26)25-23(27)16-13-19(29-7-2)22(31-9-4)20(14-16)30-8-3/h6,10-11,13-15H,1,7-9,12H2,2-5H3. The van der Waals surface area contributed by atoms with E-state index in [4.69, 9.17) is 18.9 Å². The molecule has 3 rings (SSSR count). The van der Waals surface area contributed by atoms with E-state index in [1.54, 1.807) is 25.3 Å². The van der Waals surface area contributed by atoms with Crippen LogP contribution in [0.2, 0.25) is 0 Å². The number of hydrogen-bond acceptors (Lipinski definition) is 6. The Morgan fingerprint density at radius 3 is 2.28 bits per heavy atom. The smallest absolute Gasteiger partial charge is 0.279 e. The van der Waals surface area contributed by atoms with Crippen LogP contribution in [-0.4, -0.2) is 37.4 Å². The van der Waals surface area contributed by atoms with Crippen molar-refractivity contribution in [2.45, 2.75) is 27.3 Å². The van der Waals surface area contributed by atoms with Gasteiger partial charge in [-0.25, -0.2) is 0 Å². The molecular weight excluding hydrogens is 428 g/mol. The van der Waals surface area contributed by atoms with Gasteiger partial charge in [0.2, 0.25) is 5.75 Å². The van der Waals surface area contributed by atoms with Crippen molar-refractivity contribution < 1.29 is 23.7 Å². The molecule has 0 bridgehead atoms. The SMILES string of the molecule is C=CCn1c(=NC(=O)c2cc(OCC)c(OCC)c(OCC)c2)sc2cc(OC)ccc21. The van der Waals surface area contributed by atoms with Crippen LogP contribution in [0.4, 0.5) is 0 Å². The molecule has 1 heterocycles. The maximum atomic E-state index is 13.2. The fraction of sp³-hybridized carbons (Fsp3) is 0.333. The van der Waals surface area contributed by atoms with E-state index in [2.05, 4.69) is 11.6 Å². The summed E-state index contributed by atoms with van der Waals surface area (Å²) in [6.07, 6.45) is 1.77. The summed E-state index contributed by atoms with van der Waals surface area (Å²) in [4.78, 5) is 18.2. The highest BCUT2D eigenvalue weighted by atomic mass is 32.1. The number of methoxy groups -OCH3 is 1. The Bertz CT molecular complexity index is 1150. The van der Waals surface area contributed by atoms with Gasteiger partial charge in [0.1, 0.15) is 5.75 Å². The molecule has 0 spiro atoms. The topological polar surface area (TPSA) is 71.3 Å². The van der Waals surface area contributed by atoms with Crippen molar-refractivity contribution in [1.82, 2.24) is 4.57 Å². The molecule has 170 valence electrons. The van der Waals surface area contributed by atoms with E-state index in [1.165, 1.54) is 11.3 Å². The van der Waals surface area contributed by atoms with Crippen molar-refractivity contribution in [2.24, 2.45) is 4.99 Å². The van der Waals surface area contributed by atoms with Gasteiger partial charge < -0.3 is 23.5 Å². The number of fused-ring (bicyclic) bond motifs is 1. The third-order valence-electron chi connectivity index (χ3n) is 4.55. The zero-order chi connectivity index (χ0) is 23.1. The van der Waals surface area contributed by atoms with Gasteiger partial charge in [-0.15, -0.1) is 6.58 Å². The minimum atomic E-state index is -0.397. The molecule has 0 aliphatic heterocycles. The minimum absolute atomic E-state index is 0.362. The Labute approximate surface area is 191 Å². The fourth-order valence-corrected chi connectivity index (χ4v) is 4.30. The average molecular weight is 457 g/mol. The first-order valence-electron chi connectivity index (χ1n) is 10.5. The number of amides is 1. The second-order valence-electron chi connectivity index (χ2n) is 6.64. The molecule has 0 aliphatic rings. The third-order valence-corrected chi connectivity index (χ3v) is 5.60. The van der Waals surface area contributed by atoms with Crippen LogP contribution in [0.5, 0.6) is 23.0 Å². The lowest BCUT2D eigenvalue weighted by molar-refractivity contribution is 0.0996. The van der Waals surface area contributed by atoms with Crippen LogP contribution in [0.1, 0.15) is 31.1 Å². The van der Waals surface area contributed by atoms with Gasteiger partial charge in [0.05, 0.1) is 37.1 Å². The Balaban J connectivity index is 2.13. The molecule has 0 aliphatic carbocycles. The van der Waals surface area contributed by atoms with Crippen molar-refractivity contribution in [3.63, 3.8) is 0 Å². The van der Waals surface area contributed by atoms with Crippen LogP contribution >= 0.6 is 11.3 Å². The molecule has 7 nitrogen and oxygen atoms in total. The highest BCUT2D eigenvalue weighted by molar-refractivity contribution is 7.16. The molecule has 1 aromatic heterocycles. The van der Waals surface area contributed by atoms with Crippen molar-refractivity contribution in [3.05, 3.63) is 53.4 Å². The van der Waals surface area contributed by atoms with E-state index in [0.29, 0.717) is 54.0 Å². The number of nitrogens with zero attached hydrogens (tertiary/aromatic N) is 2. The molecule has 3 aromatic rings. The fourth-order valence-electron chi connectivity index (χ4n) is 3.23. The van der Waals surface area contributed by atoms with Gasteiger partial charge in [0, 0.05) is 12.1 Å². The van der Waals surface area contributed by atoms with E-state index < -0.39 is 5.91 Å². The van der Waals surface area contributed by atoms with Crippen LogP contribution < -0.4 is 23.7 Å². The number of aromatic nitrogens is 1. The molecular formula is C24H28N2O5S. The summed E-state index contributed by atoms with van der Waals surface area (Å²) >= 11 is 1.42. The van der Waals surface area contributed by atoms with E-state index in [-0.39, 0.29) is 0 Å². The van der Waals surface area contributed by atoms with Gasteiger partial charge in [-0.2, -0.15) is 4.99 Å². The highest BCUT2D eigenvalue weighted by Crippen LogP contribution is 2.39. The first kappa shape index (κ1) is 23.4. The van der Waals surface area contributed by atoms with E-state index in [0.717, 1.165) is 16.0 Å². The van der Waals surface area contributed by atoms with Crippen LogP contribution in [0, 0.1) is 0 Å². The van der Waals surface area contributed by atoms with Crippen LogP contribution in [0.25, 0.3) is 10.2 Å². The van der Waals surface area contributed by atoms with Crippen LogP contribution in [-0.2, 0) is 6.54 Å². The lowest BCUT2D eigenvalue weighted by Crippen LogP contribution is -2.16. The number of carbonyl (C=O) groups excluding carboxylic acids is 1. The first-order chi connectivity index (χ1) is 15.6. The zero-order valence-corrected chi connectivity index (χ0v) is 19.7. The highest BCUT2D eigenvalue weighted by Gasteiger charge is 2.18. The van der Waals surface area contributed by atoms with Gasteiger partial charge in [-0.1, -0.05) is 17.4 Å². The summed E-state index contributed by atoms with van der Waals surface area (Å²) < 4.78 is 25.4. The molecule has 2 aromatic carbocycles. The first-order valence-corrected chi connectivity index (χ1v) is 11.3. The maximum Gasteiger partial charge on any atom is 0.279 e. The van der Waals surface area contributed by atoms with Crippen LogP contribution in [0.3, 0.4) is 0 Å². The average Bonchev–Trinajstić information content (AvgIpc) is 3.12. The molecule has 0 saturated carbocycles. The van der Waals surface area contributed by atoms with Crippen molar-refractivity contribution in [3.8, 4) is 23.0 Å². The maximum absolute atomic E-state index is 13.2. The normalized spacial score (nSPS) is 11.4. The second kappa shape index (κ2) is 10.9. The minimum Gasteiger partial charge on any atom is -0.497 e. The molecule has 0 atom stereocenters. The van der Waals surface area contributed by atoms with Gasteiger partial charge in [-0.05, 0) is 51.1 Å². The Morgan fingerprint density at radius 2 is 1.72 bits per heavy atom. The van der Waals surface area contributed by atoms with Crippen molar-refractivity contribution in [2.75, 3.05) is 26.9 Å². The van der Waals surface area contributed by atoms with Gasteiger partial charge in [-0.3, -0.25) is 4.79 Å². The summed E-state index contributed by atoms with van der Waals surface area (Å²) in [6.45, 7) is 11.3. The molecule has 0 unspecified atom stereocenters. The van der Waals surface area contributed by atoms with E-state index >= 15 is 0 Å². The summed E-state index contributed by atoms with van der Waals surface area (Å²) in [5, 5.41) is 0. The van der Waals surface area contributed by atoms with Gasteiger partial charge in [0.25, 0.3) is 5.91 Å². The number of rotatable bonds is 10. The van der Waals surface area contributed by atoms with Gasteiger partial charge >= 0.3 is 0 Å². The summed E-state index contributed by atoms with van der Waals surface area (Å²) in [6, 6.07) is 9.07. The molecule has 8 heteroatoms. The molecule has 32 heavy (non-hydrogen) atoms. The Morgan fingerprint density at radius 1 is 1.06 bits per heavy atom. The third kappa shape index (κ3) is 4.96. The van der Waals surface area contributed by atoms with Gasteiger partial charge in [0.15, 0.2) is 16.3 Å². The van der Waals surface area contributed by atoms with E-state index in [9.17, 15) is 4.79 Å². The van der Waals surface area contributed by atoms with Crippen molar-refractivity contribution >= 4 is 27.5 Å². The number of ether oxygens (including phenoxy) is 4. The molecule has 0 saturated heterocycles. The number of thiazole rings is 1. The molecule has 0 radical (unpaired) electrons. The zero-order valence-electron chi connectivity index (χ0n) is 18.8. The number of allylic oxidation sites excluding steroid dienone is 1. The predicted molar refractivity (Wildman–Crippen MR) is 126 cm³/mol. The summed E-state index contributed by atoms with van der Waals surface area (Å²) in [5.41, 5.74) is 1.32. The molecule has 0 fully saturated rings. The lowest BCUT2D eigenvalue weighted by Gasteiger charge is -2.16. The number of hydrogen-bond donors (Lipinski definition) is 0. The predicted octanol–water partition coefficient (Wildman–Crippen LogP) is 4.83. The number of benzene rings is 2. The van der Waals surface area contributed by atoms with Crippen LogP contribution in [0.15, 0.2) is 48.0 Å². The monoisotopic (exact) mass is 456 g/mol. The largest absolute Gasteiger partial charge is 0.497 e. The van der Waals surface area contributed by atoms with E-state index in [1.807, 2.05) is 43.5 Å².